The zero-order valence-corrected chi connectivity index (χ0v) is 14.3. The molecule has 2 atom stereocenters. The summed E-state index contributed by atoms with van der Waals surface area (Å²) in [6.45, 7) is 1.80. The minimum absolute atomic E-state index is 0.0585. The molecule has 6 nitrogen and oxygen atoms in total. The van der Waals surface area contributed by atoms with Crippen LogP contribution < -0.4 is 10.5 Å². The summed E-state index contributed by atoms with van der Waals surface area (Å²) in [5.74, 6) is -1.14. The van der Waals surface area contributed by atoms with Crippen molar-refractivity contribution in [3.8, 4) is 0 Å². The molecule has 0 aromatic heterocycles. The number of hydrogen-bond acceptors (Lipinski definition) is 4. The maximum atomic E-state index is 12.9. The van der Waals surface area contributed by atoms with Crippen LogP contribution in [0.5, 0.6) is 0 Å². The van der Waals surface area contributed by atoms with Crippen molar-refractivity contribution in [1.29, 1.82) is 0 Å². The van der Waals surface area contributed by atoms with Gasteiger partial charge in [0, 0.05) is 0 Å². The van der Waals surface area contributed by atoms with Crippen molar-refractivity contribution in [2.45, 2.75) is 30.4 Å². The van der Waals surface area contributed by atoms with Gasteiger partial charge in [0.2, 0.25) is 10.0 Å². The Morgan fingerprint density at radius 1 is 1.20 bits per heavy atom. The SMILES string of the molecule is CCC(NC(=O)C(O)c1ccc(F)cc1)c1cccc(S(N)(=O)=O)c1. The van der Waals surface area contributed by atoms with Gasteiger partial charge < -0.3 is 10.4 Å². The fraction of sp³-hybridized carbons (Fsp3) is 0.235. The van der Waals surface area contributed by atoms with Crippen LogP contribution in [0.3, 0.4) is 0 Å². The van der Waals surface area contributed by atoms with Gasteiger partial charge in [0.1, 0.15) is 5.82 Å². The molecule has 0 bridgehead atoms. The van der Waals surface area contributed by atoms with Gasteiger partial charge in [-0.25, -0.2) is 17.9 Å². The highest BCUT2D eigenvalue weighted by Gasteiger charge is 2.22. The second-order valence-corrected chi connectivity index (χ2v) is 7.10. The largest absolute Gasteiger partial charge is 0.378 e. The van der Waals surface area contributed by atoms with E-state index < -0.39 is 33.9 Å². The first-order chi connectivity index (χ1) is 11.7. The number of primary sulfonamides is 1. The maximum Gasteiger partial charge on any atom is 0.253 e. The van der Waals surface area contributed by atoms with Gasteiger partial charge in [-0.15, -0.1) is 0 Å². The molecule has 0 spiro atoms. The second kappa shape index (κ2) is 7.73. The number of sulfonamides is 1. The lowest BCUT2D eigenvalue weighted by Gasteiger charge is -2.20. The molecule has 0 saturated heterocycles. The number of nitrogens with one attached hydrogen (secondary N) is 1. The number of carbonyl (C=O) groups excluding carboxylic acids is 1. The summed E-state index contributed by atoms with van der Waals surface area (Å²) in [5, 5.41) is 17.9. The predicted octanol–water partition coefficient (Wildman–Crippen LogP) is 1.77. The van der Waals surface area contributed by atoms with E-state index in [1.165, 1.54) is 30.3 Å². The van der Waals surface area contributed by atoms with E-state index in [4.69, 9.17) is 5.14 Å². The molecule has 0 aliphatic carbocycles. The Kier molecular flexibility index (Phi) is 5.89. The van der Waals surface area contributed by atoms with Gasteiger partial charge in [0.15, 0.2) is 6.10 Å². The van der Waals surface area contributed by atoms with E-state index in [-0.39, 0.29) is 10.5 Å². The molecule has 0 fully saturated rings. The van der Waals surface area contributed by atoms with Crippen LogP contribution in [0.2, 0.25) is 0 Å². The first-order valence-electron chi connectivity index (χ1n) is 7.59. The highest BCUT2D eigenvalue weighted by atomic mass is 32.2. The fourth-order valence-electron chi connectivity index (χ4n) is 2.38. The molecule has 0 aliphatic rings. The van der Waals surface area contributed by atoms with Gasteiger partial charge in [0.25, 0.3) is 5.91 Å². The number of rotatable bonds is 6. The van der Waals surface area contributed by atoms with Gasteiger partial charge in [-0.3, -0.25) is 4.79 Å². The van der Waals surface area contributed by atoms with E-state index in [0.29, 0.717) is 12.0 Å². The number of benzene rings is 2. The van der Waals surface area contributed by atoms with E-state index in [1.54, 1.807) is 13.0 Å². The maximum absolute atomic E-state index is 12.9. The summed E-state index contributed by atoms with van der Waals surface area (Å²) in [6.07, 6.45) is -0.994. The average Bonchev–Trinajstić information content (AvgIpc) is 2.59. The number of amides is 1. The van der Waals surface area contributed by atoms with Crippen molar-refractivity contribution >= 4 is 15.9 Å². The molecule has 2 unspecified atom stereocenters. The summed E-state index contributed by atoms with van der Waals surface area (Å²) in [5.41, 5.74) is 0.806. The lowest BCUT2D eigenvalue weighted by molar-refractivity contribution is -0.130. The highest BCUT2D eigenvalue weighted by Crippen LogP contribution is 2.22. The third-order valence-corrected chi connectivity index (χ3v) is 4.66. The molecule has 4 N–H and O–H groups in total. The summed E-state index contributed by atoms with van der Waals surface area (Å²) in [4.78, 5) is 12.2. The molecule has 134 valence electrons. The molecule has 0 heterocycles. The number of hydrogen-bond donors (Lipinski definition) is 3. The van der Waals surface area contributed by atoms with Crippen molar-refractivity contribution in [2.75, 3.05) is 0 Å². The average molecular weight is 366 g/mol. The van der Waals surface area contributed by atoms with E-state index in [1.807, 2.05) is 0 Å². The van der Waals surface area contributed by atoms with Crippen LogP contribution in [-0.2, 0) is 14.8 Å². The number of nitrogens with two attached hydrogens (primary N) is 1. The van der Waals surface area contributed by atoms with Crippen LogP contribution in [0.1, 0.15) is 36.6 Å². The van der Waals surface area contributed by atoms with Gasteiger partial charge in [0.05, 0.1) is 10.9 Å². The molecule has 0 saturated carbocycles. The monoisotopic (exact) mass is 366 g/mol. The Morgan fingerprint density at radius 3 is 2.40 bits per heavy atom. The molecule has 0 aliphatic heterocycles. The lowest BCUT2D eigenvalue weighted by Crippen LogP contribution is -2.32. The van der Waals surface area contributed by atoms with Gasteiger partial charge in [-0.05, 0) is 41.8 Å². The molecular weight excluding hydrogens is 347 g/mol. The van der Waals surface area contributed by atoms with E-state index in [2.05, 4.69) is 5.32 Å². The highest BCUT2D eigenvalue weighted by molar-refractivity contribution is 7.89. The topological polar surface area (TPSA) is 109 Å². The van der Waals surface area contributed by atoms with Crippen molar-refractivity contribution in [1.82, 2.24) is 5.32 Å². The normalized spacial score (nSPS) is 13.9. The number of aliphatic hydroxyl groups excluding tert-OH is 1. The van der Waals surface area contributed by atoms with Crippen molar-refractivity contribution in [3.63, 3.8) is 0 Å². The summed E-state index contributed by atoms with van der Waals surface area (Å²) in [7, 11) is -3.86. The Morgan fingerprint density at radius 2 is 1.84 bits per heavy atom. The van der Waals surface area contributed by atoms with Crippen LogP contribution >= 0.6 is 0 Å². The number of aliphatic hydroxyl groups is 1. The van der Waals surface area contributed by atoms with Crippen molar-refractivity contribution in [2.24, 2.45) is 5.14 Å². The third kappa shape index (κ3) is 4.85. The molecule has 2 aromatic carbocycles. The van der Waals surface area contributed by atoms with Crippen LogP contribution in [-0.4, -0.2) is 19.4 Å². The molecular formula is C17H19FN2O4S. The molecule has 2 rings (SSSR count). The van der Waals surface area contributed by atoms with Crippen LogP contribution in [0.4, 0.5) is 4.39 Å². The molecule has 2 aromatic rings. The van der Waals surface area contributed by atoms with Gasteiger partial charge in [-0.2, -0.15) is 0 Å². The lowest BCUT2D eigenvalue weighted by atomic mass is 10.0. The molecule has 8 heteroatoms. The van der Waals surface area contributed by atoms with Crippen molar-refractivity contribution < 1.29 is 22.7 Å². The Balaban J connectivity index is 2.19. The fourth-order valence-corrected chi connectivity index (χ4v) is 2.95. The van der Waals surface area contributed by atoms with E-state index >= 15 is 0 Å². The Labute approximate surface area is 145 Å². The smallest absolute Gasteiger partial charge is 0.253 e. The minimum atomic E-state index is -3.86. The standard InChI is InChI=1S/C17H19FN2O4S/c1-2-15(12-4-3-5-14(10-12)25(19,23)24)20-17(22)16(21)11-6-8-13(18)9-7-11/h3-10,15-16,21H,2H2,1H3,(H,20,22)(H2,19,23,24). The molecule has 0 radical (unpaired) electrons. The van der Waals surface area contributed by atoms with Crippen LogP contribution in [0.15, 0.2) is 53.4 Å². The van der Waals surface area contributed by atoms with E-state index in [9.17, 15) is 22.7 Å². The minimum Gasteiger partial charge on any atom is -0.378 e. The summed E-state index contributed by atoms with van der Waals surface area (Å²) in [6, 6.07) is 10.4. The second-order valence-electron chi connectivity index (χ2n) is 5.54. The summed E-state index contributed by atoms with van der Waals surface area (Å²) < 4.78 is 35.8. The first kappa shape index (κ1) is 19.0. The molecule has 1 amide bonds. The first-order valence-corrected chi connectivity index (χ1v) is 9.13. The summed E-state index contributed by atoms with van der Waals surface area (Å²) >= 11 is 0. The van der Waals surface area contributed by atoms with Crippen LogP contribution in [0.25, 0.3) is 0 Å². The molecule has 25 heavy (non-hydrogen) atoms. The zero-order valence-electron chi connectivity index (χ0n) is 13.5. The number of halogens is 1. The van der Waals surface area contributed by atoms with Gasteiger partial charge >= 0.3 is 0 Å². The Bertz CT molecular complexity index is 853. The zero-order chi connectivity index (χ0) is 18.6. The Hall–Kier alpha value is -2.29. The van der Waals surface area contributed by atoms with Crippen LogP contribution in [0, 0.1) is 5.82 Å². The predicted molar refractivity (Wildman–Crippen MR) is 90.3 cm³/mol. The van der Waals surface area contributed by atoms with Gasteiger partial charge in [-0.1, -0.05) is 31.2 Å². The quantitative estimate of drug-likeness (QED) is 0.724. The van der Waals surface area contributed by atoms with Crippen molar-refractivity contribution in [3.05, 3.63) is 65.5 Å². The number of carbonyl (C=O) groups is 1. The third-order valence-electron chi connectivity index (χ3n) is 3.75. The van der Waals surface area contributed by atoms with E-state index in [0.717, 1.165) is 12.1 Å².